The normalized spacial score (nSPS) is 17.9. The van der Waals surface area contributed by atoms with Crippen molar-refractivity contribution in [3.8, 4) is 5.75 Å². The van der Waals surface area contributed by atoms with Crippen LogP contribution in [-0.2, 0) is 10.0 Å². The van der Waals surface area contributed by atoms with E-state index in [0.717, 1.165) is 0 Å². The van der Waals surface area contributed by atoms with Gasteiger partial charge >= 0.3 is 6.18 Å². The molecule has 0 amide bonds. The number of sulfonamides is 1. The predicted octanol–water partition coefficient (Wildman–Crippen LogP) is 1.43. The van der Waals surface area contributed by atoms with E-state index in [9.17, 15) is 21.6 Å². The lowest BCUT2D eigenvalue weighted by atomic mass is 10.1. The molecule has 1 unspecified atom stereocenters. The molecule has 0 saturated carbocycles. The Balaban J connectivity index is 2.19. The van der Waals surface area contributed by atoms with Crippen LogP contribution in [0.1, 0.15) is 11.1 Å². The lowest BCUT2D eigenvalue weighted by Gasteiger charge is -2.35. The zero-order valence-electron chi connectivity index (χ0n) is 15.0. The molecule has 1 aromatic carbocycles. The number of hydrogen-bond acceptors (Lipinski definition) is 5. The summed E-state index contributed by atoms with van der Waals surface area (Å²) in [6.07, 6.45) is -4.52. The molecule has 6 nitrogen and oxygen atoms in total. The van der Waals surface area contributed by atoms with E-state index >= 15 is 0 Å². The highest BCUT2D eigenvalue weighted by Crippen LogP contribution is 2.28. The minimum absolute atomic E-state index is 0.0745. The van der Waals surface area contributed by atoms with Crippen molar-refractivity contribution in [2.24, 2.45) is 0 Å². The van der Waals surface area contributed by atoms with E-state index in [1.165, 1.54) is 24.1 Å². The Bertz CT molecular complexity index is 709. The van der Waals surface area contributed by atoms with Crippen molar-refractivity contribution in [3.05, 3.63) is 23.3 Å². The fourth-order valence-electron chi connectivity index (χ4n) is 3.11. The Morgan fingerprint density at radius 3 is 2.23 bits per heavy atom. The third kappa shape index (κ3) is 4.87. The van der Waals surface area contributed by atoms with E-state index in [1.54, 1.807) is 13.8 Å². The second-order valence-electron chi connectivity index (χ2n) is 6.29. The number of nitrogens with one attached hydrogen (secondary N) is 2. The molecule has 148 valence electrons. The van der Waals surface area contributed by atoms with Crippen molar-refractivity contribution < 1.29 is 26.3 Å². The summed E-state index contributed by atoms with van der Waals surface area (Å²) in [5.74, 6) is 0.554. The molecule has 1 heterocycles. The molecule has 2 rings (SSSR count). The summed E-state index contributed by atoms with van der Waals surface area (Å²) < 4.78 is 72.5. The SMILES string of the molecule is COc1c(C)cc(S(=O)(=O)NCC(N2CCNCC2)C(F)(F)F)cc1C. The number of methoxy groups -OCH3 is 1. The molecule has 1 atom stereocenters. The van der Waals surface area contributed by atoms with Crippen LogP contribution in [-0.4, -0.2) is 65.4 Å². The summed E-state index contributed by atoms with van der Waals surface area (Å²) in [7, 11) is -2.60. The van der Waals surface area contributed by atoms with Crippen LogP contribution in [0.25, 0.3) is 0 Å². The van der Waals surface area contributed by atoms with Crippen molar-refractivity contribution in [2.45, 2.75) is 31.0 Å². The monoisotopic (exact) mass is 395 g/mol. The quantitative estimate of drug-likeness (QED) is 0.763. The molecule has 26 heavy (non-hydrogen) atoms. The standard InChI is InChI=1S/C16H24F3N3O3S/c1-11-8-13(9-12(2)15(11)25-3)26(23,24)21-10-14(16(17,18)19)22-6-4-20-5-7-22/h8-9,14,20-21H,4-7,10H2,1-3H3. The van der Waals surface area contributed by atoms with Gasteiger partial charge in [0, 0.05) is 32.7 Å². The minimum Gasteiger partial charge on any atom is -0.496 e. The summed E-state index contributed by atoms with van der Waals surface area (Å²) in [4.78, 5) is 1.18. The zero-order chi connectivity index (χ0) is 19.5. The Labute approximate surface area is 151 Å². The summed E-state index contributed by atoms with van der Waals surface area (Å²) in [5.41, 5.74) is 1.20. The fraction of sp³-hybridized carbons (Fsp3) is 0.625. The minimum atomic E-state index is -4.52. The maximum absolute atomic E-state index is 13.4. The van der Waals surface area contributed by atoms with E-state index in [4.69, 9.17) is 4.74 Å². The molecule has 1 saturated heterocycles. The van der Waals surface area contributed by atoms with Gasteiger partial charge in [-0.25, -0.2) is 13.1 Å². The van der Waals surface area contributed by atoms with Gasteiger partial charge in [-0.3, -0.25) is 4.90 Å². The molecule has 1 aliphatic heterocycles. The molecule has 0 aromatic heterocycles. The summed E-state index contributed by atoms with van der Waals surface area (Å²) in [6.45, 7) is 3.95. The number of hydrogen-bond donors (Lipinski definition) is 2. The number of piperazine rings is 1. The van der Waals surface area contributed by atoms with Crippen LogP contribution in [0.5, 0.6) is 5.75 Å². The zero-order valence-corrected chi connectivity index (χ0v) is 15.8. The van der Waals surface area contributed by atoms with Crippen LogP contribution >= 0.6 is 0 Å². The van der Waals surface area contributed by atoms with E-state index in [2.05, 4.69) is 10.0 Å². The van der Waals surface area contributed by atoms with Gasteiger partial charge in [0.15, 0.2) is 0 Å². The molecule has 0 bridgehead atoms. The van der Waals surface area contributed by atoms with Gasteiger partial charge in [0.05, 0.1) is 12.0 Å². The first-order valence-electron chi connectivity index (χ1n) is 8.22. The number of alkyl halides is 3. The van der Waals surface area contributed by atoms with E-state index in [-0.39, 0.29) is 18.0 Å². The fourth-order valence-corrected chi connectivity index (χ4v) is 4.31. The van der Waals surface area contributed by atoms with Gasteiger partial charge in [-0.15, -0.1) is 0 Å². The second-order valence-corrected chi connectivity index (χ2v) is 8.05. The number of ether oxygens (including phenoxy) is 1. The maximum Gasteiger partial charge on any atom is 0.405 e. The van der Waals surface area contributed by atoms with Gasteiger partial charge in [-0.2, -0.15) is 13.2 Å². The van der Waals surface area contributed by atoms with Gasteiger partial charge in [0.2, 0.25) is 10.0 Å². The molecule has 10 heteroatoms. The highest BCUT2D eigenvalue weighted by atomic mass is 32.2. The number of aryl methyl sites for hydroxylation is 2. The van der Waals surface area contributed by atoms with Crippen LogP contribution in [0, 0.1) is 13.8 Å². The van der Waals surface area contributed by atoms with Crippen LogP contribution in [0.4, 0.5) is 13.2 Å². The maximum atomic E-state index is 13.4. The van der Waals surface area contributed by atoms with Crippen molar-refractivity contribution in [1.82, 2.24) is 14.9 Å². The predicted molar refractivity (Wildman–Crippen MR) is 91.9 cm³/mol. The molecule has 1 aliphatic rings. The Morgan fingerprint density at radius 1 is 1.23 bits per heavy atom. The Kier molecular flexibility index (Phi) is 6.54. The second kappa shape index (κ2) is 8.12. The highest BCUT2D eigenvalue weighted by Gasteiger charge is 2.44. The van der Waals surface area contributed by atoms with Gasteiger partial charge < -0.3 is 10.1 Å². The first kappa shape index (κ1) is 20.9. The van der Waals surface area contributed by atoms with Crippen molar-refractivity contribution in [1.29, 1.82) is 0 Å². The van der Waals surface area contributed by atoms with Crippen LogP contribution in [0.15, 0.2) is 17.0 Å². The van der Waals surface area contributed by atoms with E-state index in [0.29, 0.717) is 30.0 Å². The van der Waals surface area contributed by atoms with Gasteiger partial charge in [-0.05, 0) is 37.1 Å². The average Bonchev–Trinajstić information content (AvgIpc) is 2.54. The van der Waals surface area contributed by atoms with Crippen molar-refractivity contribution in [3.63, 3.8) is 0 Å². The Morgan fingerprint density at radius 2 is 1.77 bits per heavy atom. The average molecular weight is 395 g/mol. The number of nitrogens with zero attached hydrogens (tertiary/aromatic N) is 1. The lowest BCUT2D eigenvalue weighted by molar-refractivity contribution is -0.182. The molecule has 0 spiro atoms. The molecular weight excluding hydrogens is 371 g/mol. The van der Waals surface area contributed by atoms with Gasteiger partial charge in [0.25, 0.3) is 0 Å². The van der Waals surface area contributed by atoms with Crippen LogP contribution in [0.2, 0.25) is 0 Å². The van der Waals surface area contributed by atoms with Crippen LogP contribution in [0.3, 0.4) is 0 Å². The van der Waals surface area contributed by atoms with Crippen LogP contribution < -0.4 is 14.8 Å². The summed E-state index contributed by atoms with van der Waals surface area (Å²) >= 11 is 0. The molecular formula is C16H24F3N3O3S. The number of benzene rings is 1. The first-order valence-corrected chi connectivity index (χ1v) is 9.71. The number of rotatable bonds is 6. The third-order valence-electron chi connectivity index (χ3n) is 4.39. The molecule has 1 fully saturated rings. The van der Waals surface area contributed by atoms with Crippen molar-refractivity contribution in [2.75, 3.05) is 39.8 Å². The molecule has 0 aliphatic carbocycles. The molecule has 1 aromatic rings. The first-order chi connectivity index (χ1) is 12.1. The highest BCUT2D eigenvalue weighted by molar-refractivity contribution is 7.89. The molecule has 0 radical (unpaired) electrons. The summed E-state index contributed by atoms with van der Waals surface area (Å²) in [6, 6.07) is 0.920. The van der Waals surface area contributed by atoms with E-state index < -0.39 is 28.8 Å². The van der Waals surface area contributed by atoms with Gasteiger partial charge in [-0.1, -0.05) is 0 Å². The number of halogens is 3. The largest absolute Gasteiger partial charge is 0.496 e. The van der Waals surface area contributed by atoms with Crippen molar-refractivity contribution >= 4 is 10.0 Å². The Hall–Kier alpha value is -1.36. The lowest BCUT2D eigenvalue weighted by Crippen LogP contribution is -2.57. The smallest absolute Gasteiger partial charge is 0.405 e. The summed E-state index contributed by atoms with van der Waals surface area (Å²) in [5, 5.41) is 2.98. The third-order valence-corrected chi connectivity index (χ3v) is 5.79. The van der Waals surface area contributed by atoms with Gasteiger partial charge in [0.1, 0.15) is 11.8 Å². The molecule has 2 N–H and O–H groups in total. The van der Waals surface area contributed by atoms with E-state index in [1.807, 2.05) is 0 Å². The topological polar surface area (TPSA) is 70.7 Å².